The molecule has 0 bridgehead atoms. The average molecular weight is 786 g/mol. The minimum atomic E-state index is -4.41. The highest BCUT2D eigenvalue weighted by Crippen LogP contribution is 2.31. The maximum Gasteiger partial charge on any atom is 0.293 e. The van der Waals surface area contributed by atoms with Crippen molar-refractivity contribution in [2.24, 2.45) is 0 Å². The van der Waals surface area contributed by atoms with Gasteiger partial charge in [-0.3, -0.25) is 19.8 Å². The number of piperazine rings is 1. The van der Waals surface area contributed by atoms with Crippen LogP contribution in [0.15, 0.2) is 107 Å². The topological polar surface area (TPSA) is 140 Å². The second kappa shape index (κ2) is 18.9. The summed E-state index contributed by atoms with van der Waals surface area (Å²) >= 11 is 1.64. The molecule has 55 heavy (non-hydrogen) atoms. The summed E-state index contributed by atoms with van der Waals surface area (Å²) in [7, 11) is -0.485. The number of sulfonamides is 1. The van der Waals surface area contributed by atoms with E-state index < -0.39 is 20.9 Å². The number of carbonyl (C=O) groups is 1. The van der Waals surface area contributed by atoms with Gasteiger partial charge in [0.1, 0.15) is 5.69 Å². The van der Waals surface area contributed by atoms with Crippen LogP contribution in [0.1, 0.15) is 46.7 Å². The molecule has 2 atom stereocenters. The SMILES string of the molecule is CN(C)CC[C@H](CSc1ccccc1)Nc1ccc(S(=O)(=O)NC(=O)c2ccc(N3CCN(Cc4ccccc4C4CCCNC4)CC3)cc2)cc1[N+](=O)[O-]. The number of nitrogens with one attached hydrogen (secondary N) is 3. The van der Waals surface area contributed by atoms with E-state index in [9.17, 15) is 23.3 Å². The lowest BCUT2D eigenvalue weighted by Gasteiger charge is -2.37. The molecule has 0 saturated carbocycles. The van der Waals surface area contributed by atoms with Gasteiger partial charge in [-0.2, -0.15) is 0 Å². The van der Waals surface area contributed by atoms with Crippen molar-refractivity contribution in [3.8, 4) is 0 Å². The van der Waals surface area contributed by atoms with Crippen LogP contribution in [0.3, 0.4) is 0 Å². The second-order valence-electron chi connectivity index (χ2n) is 14.5. The maximum atomic E-state index is 13.3. The number of hydrogen-bond acceptors (Lipinski definition) is 11. The first-order valence-electron chi connectivity index (χ1n) is 18.9. The molecule has 2 saturated heterocycles. The fourth-order valence-electron chi connectivity index (χ4n) is 7.16. The van der Waals surface area contributed by atoms with Crippen LogP contribution in [0.2, 0.25) is 0 Å². The molecule has 14 heteroatoms. The van der Waals surface area contributed by atoms with Crippen LogP contribution < -0.4 is 20.3 Å². The number of nitrogens with zero attached hydrogens (tertiary/aromatic N) is 4. The summed E-state index contributed by atoms with van der Waals surface area (Å²) < 4.78 is 28.8. The Morgan fingerprint density at radius 2 is 1.71 bits per heavy atom. The van der Waals surface area contributed by atoms with E-state index in [4.69, 9.17) is 0 Å². The number of nitro benzene ring substituents is 1. The zero-order valence-corrected chi connectivity index (χ0v) is 33.2. The van der Waals surface area contributed by atoms with Gasteiger partial charge in [0, 0.05) is 73.3 Å². The number of hydrogen-bond donors (Lipinski definition) is 3. The first-order chi connectivity index (χ1) is 26.6. The van der Waals surface area contributed by atoms with Crippen LogP contribution in [-0.4, -0.2) is 101 Å². The van der Waals surface area contributed by atoms with Crippen molar-refractivity contribution >= 4 is 44.8 Å². The van der Waals surface area contributed by atoms with Gasteiger partial charge in [-0.15, -0.1) is 11.8 Å². The van der Waals surface area contributed by atoms with Gasteiger partial charge in [0.2, 0.25) is 0 Å². The Kier molecular flexibility index (Phi) is 13.8. The normalized spacial score (nSPS) is 17.1. The molecule has 2 aliphatic heterocycles. The molecule has 4 aromatic carbocycles. The molecule has 6 rings (SSSR count). The summed E-state index contributed by atoms with van der Waals surface area (Å²) in [6.07, 6.45) is 3.14. The summed E-state index contributed by atoms with van der Waals surface area (Å²) in [6, 6.07) is 29.1. The minimum Gasteiger partial charge on any atom is -0.376 e. The fourth-order valence-corrected chi connectivity index (χ4v) is 9.15. The van der Waals surface area contributed by atoms with Crippen molar-refractivity contribution in [3.63, 3.8) is 0 Å². The summed E-state index contributed by atoms with van der Waals surface area (Å²) in [5.74, 6) is 0.396. The summed E-state index contributed by atoms with van der Waals surface area (Å²) in [5.41, 5.74) is 3.81. The van der Waals surface area contributed by atoms with Crippen molar-refractivity contribution in [1.82, 2.24) is 19.8 Å². The van der Waals surface area contributed by atoms with Crippen molar-refractivity contribution < 1.29 is 18.1 Å². The number of benzene rings is 4. The Balaban J connectivity index is 1.05. The third kappa shape index (κ3) is 11.1. The van der Waals surface area contributed by atoms with Gasteiger partial charge < -0.3 is 20.4 Å². The van der Waals surface area contributed by atoms with Crippen molar-refractivity contribution in [1.29, 1.82) is 0 Å². The zero-order chi connectivity index (χ0) is 38.8. The number of anilines is 2. The Morgan fingerprint density at radius 1 is 0.982 bits per heavy atom. The van der Waals surface area contributed by atoms with Gasteiger partial charge in [-0.1, -0.05) is 42.5 Å². The van der Waals surface area contributed by atoms with E-state index in [2.05, 4.69) is 49.4 Å². The summed E-state index contributed by atoms with van der Waals surface area (Å²) in [6.45, 7) is 7.28. The second-order valence-corrected chi connectivity index (χ2v) is 17.3. The molecule has 3 N–H and O–H groups in total. The van der Waals surface area contributed by atoms with Crippen LogP contribution in [0.5, 0.6) is 0 Å². The van der Waals surface area contributed by atoms with Gasteiger partial charge in [0.25, 0.3) is 21.6 Å². The van der Waals surface area contributed by atoms with Crippen LogP contribution in [-0.2, 0) is 16.6 Å². The number of amides is 1. The third-order valence-corrected chi connectivity index (χ3v) is 12.7. The Hall–Kier alpha value is -4.47. The van der Waals surface area contributed by atoms with Crippen molar-refractivity contribution in [2.45, 2.75) is 47.6 Å². The molecule has 0 spiro atoms. The number of carbonyl (C=O) groups excluding carboxylic acids is 1. The lowest BCUT2D eigenvalue weighted by molar-refractivity contribution is -0.384. The van der Waals surface area contributed by atoms with Crippen LogP contribution >= 0.6 is 11.8 Å². The molecule has 0 radical (unpaired) electrons. The third-order valence-electron chi connectivity index (χ3n) is 10.2. The minimum absolute atomic E-state index is 0.133. The fraction of sp³-hybridized carbons (Fsp3) is 0.390. The quantitative estimate of drug-likeness (QED) is 0.0698. The number of piperidine rings is 1. The van der Waals surface area contributed by atoms with Gasteiger partial charge in [0.15, 0.2) is 0 Å². The van der Waals surface area contributed by atoms with E-state index in [1.807, 2.05) is 61.5 Å². The molecule has 1 unspecified atom stereocenters. The average Bonchev–Trinajstić information content (AvgIpc) is 3.20. The molecule has 2 fully saturated rings. The summed E-state index contributed by atoms with van der Waals surface area (Å²) in [5, 5.41) is 19.0. The van der Waals surface area contributed by atoms with E-state index in [0.29, 0.717) is 18.1 Å². The lowest BCUT2D eigenvalue weighted by atomic mass is 9.88. The van der Waals surface area contributed by atoms with E-state index in [-0.39, 0.29) is 27.9 Å². The molecule has 12 nitrogen and oxygen atoms in total. The lowest BCUT2D eigenvalue weighted by Crippen LogP contribution is -2.46. The smallest absolute Gasteiger partial charge is 0.293 e. The van der Waals surface area contributed by atoms with Crippen molar-refractivity contribution in [2.75, 3.05) is 75.9 Å². The highest BCUT2D eigenvalue weighted by molar-refractivity contribution is 7.99. The van der Waals surface area contributed by atoms with E-state index in [0.717, 1.165) is 69.0 Å². The highest BCUT2D eigenvalue weighted by atomic mass is 32.2. The molecule has 0 aromatic heterocycles. The Morgan fingerprint density at radius 3 is 2.40 bits per heavy atom. The molecule has 2 heterocycles. The summed E-state index contributed by atoms with van der Waals surface area (Å²) in [4.78, 5) is 32.2. The number of rotatable bonds is 16. The largest absolute Gasteiger partial charge is 0.376 e. The predicted octanol–water partition coefficient (Wildman–Crippen LogP) is 6.03. The molecule has 4 aromatic rings. The highest BCUT2D eigenvalue weighted by Gasteiger charge is 2.26. The van der Waals surface area contributed by atoms with Gasteiger partial charge in [-0.25, -0.2) is 13.1 Å². The molecule has 1 amide bonds. The molecular formula is C41H51N7O5S2. The van der Waals surface area contributed by atoms with Gasteiger partial charge in [0.05, 0.1) is 9.82 Å². The first kappa shape index (κ1) is 40.2. The van der Waals surface area contributed by atoms with E-state index in [1.165, 1.54) is 36.1 Å². The zero-order valence-electron chi connectivity index (χ0n) is 31.5. The molecular weight excluding hydrogens is 735 g/mol. The van der Waals surface area contributed by atoms with E-state index in [1.54, 1.807) is 23.9 Å². The standard InChI is InChI=1S/C41H51N7O5S2/c1-45(2)22-20-34(30-54-36-11-4-3-5-12-36)43-39-19-18-37(27-40(39)48(50)51)55(52,53)44-41(49)31-14-16-35(17-15-31)47-25-23-46(24-26-47)29-33-9-6-7-13-38(33)32-10-8-21-42-28-32/h3-7,9,11-19,27,32,34,42-43H,8,10,20-26,28-30H2,1-2H3,(H,44,49)/t32?,34-/m1/s1. The number of thioether (sulfide) groups is 1. The molecule has 0 aliphatic carbocycles. The van der Waals surface area contributed by atoms with Crippen molar-refractivity contribution in [3.05, 3.63) is 124 Å². The first-order valence-corrected chi connectivity index (χ1v) is 21.3. The van der Waals surface area contributed by atoms with Gasteiger partial charge in [-0.05, 0) is 112 Å². The number of nitro groups is 1. The molecule has 292 valence electrons. The van der Waals surface area contributed by atoms with E-state index >= 15 is 0 Å². The van der Waals surface area contributed by atoms with Gasteiger partial charge >= 0.3 is 0 Å². The van der Waals surface area contributed by atoms with Crippen LogP contribution in [0.25, 0.3) is 0 Å². The Bertz CT molecular complexity index is 2000. The predicted molar refractivity (Wildman–Crippen MR) is 221 cm³/mol. The van der Waals surface area contributed by atoms with Crippen LogP contribution in [0, 0.1) is 10.1 Å². The molecule has 2 aliphatic rings. The maximum absolute atomic E-state index is 13.3. The monoisotopic (exact) mass is 785 g/mol. The van der Waals surface area contributed by atoms with Crippen LogP contribution in [0.4, 0.5) is 17.1 Å². The Labute approximate surface area is 328 Å².